The predicted molar refractivity (Wildman–Crippen MR) is 146 cm³/mol. The first-order chi connectivity index (χ1) is 19.6. The number of alkyl halides is 6. The Hall–Kier alpha value is -3.53. The van der Waals surface area contributed by atoms with E-state index in [1.807, 2.05) is 60.7 Å². The quantitative estimate of drug-likeness (QED) is 0.269. The first kappa shape index (κ1) is 31.4. The maximum atomic E-state index is 13.5. The van der Waals surface area contributed by atoms with Crippen molar-refractivity contribution in [1.29, 1.82) is 0 Å². The Morgan fingerprint density at radius 3 is 1.79 bits per heavy atom. The predicted octanol–water partition coefficient (Wildman–Crippen LogP) is 8.70. The molecule has 4 rings (SSSR count). The minimum Gasteiger partial charge on any atom is -0.444 e. The molecule has 3 aromatic carbocycles. The number of nitrogens with zero attached hydrogens (tertiary/aromatic N) is 1. The lowest BCUT2D eigenvalue weighted by Gasteiger charge is -2.42. The standard InChI is InChI=1S/C32H33F6NO3/c1-30(2,3)42-29(40)39-15-14-27(41-20-21-16-24(31(33,34)35)18-25(17-21)32(36,37)38)26(19-39)28(22-10-6-4-7-11-22)23-12-8-5-9-13-23/h4-13,16-18,26-28H,14-15,19-20H2,1-3H3/t26-,27+/m1/s1. The molecule has 0 N–H and O–H groups in total. The van der Waals surface area contributed by atoms with Gasteiger partial charge in [-0.1, -0.05) is 60.7 Å². The van der Waals surface area contributed by atoms with Crippen LogP contribution in [-0.2, 0) is 28.4 Å². The Balaban J connectivity index is 1.69. The highest BCUT2D eigenvalue weighted by Gasteiger charge is 2.41. The Bertz CT molecular complexity index is 1260. The highest BCUT2D eigenvalue weighted by molar-refractivity contribution is 5.68. The molecular formula is C32H33F6NO3. The van der Waals surface area contributed by atoms with Crippen LogP contribution in [0.3, 0.4) is 0 Å². The summed E-state index contributed by atoms with van der Waals surface area (Å²) in [6.45, 7) is 5.29. The molecule has 1 fully saturated rings. The Morgan fingerprint density at radius 1 is 0.833 bits per heavy atom. The Kier molecular flexibility index (Phi) is 9.25. The van der Waals surface area contributed by atoms with Crippen LogP contribution in [0.1, 0.15) is 60.9 Å². The van der Waals surface area contributed by atoms with Crippen LogP contribution >= 0.6 is 0 Å². The fourth-order valence-electron chi connectivity index (χ4n) is 5.29. The molecule has 0 radical (unpaired) electrons. The molecule has 2 atom stereocenters. The van der Waals surface area contributed by atoms with Gasteiger partial charge in [-0.05, 0) is 62.1 Å². The van der Waals surface area contributed by atoms with Crippen molar-refractivity contribution >= 4 is 6.09 Å². The molecule has 1 aliphatic heterocycles. The van der Waals surface area contributed by atoms with Gasteiger partial charge in [0, 0.05) is 24.9 Å². The van der Waals surface area contributed by atoms with E-state index in [2.05, 4.69) is 0 Å². The molecule has 0 aromatic heterocycles. The molecule has 1 amide bonds. The minimum absolute atomic E-state index is 0.104. The van der Waals surface area contributed by atoms with Crippen molar-refractivity contribution in [3.8, 4) is 0 Å². The van der Waals surface area contributed by atoms with Crippen LogP contribution in [0.4, 0.5) is 31.1 Å². The highest BCUT2D eigenvalue weighted by Crippen LogP contribution is 2.40. The van der Waals surface area contributed by atoms with Gasteiger partial charge in [-0.15, -0.1) is 0 Å². The average Bonchev–Trinajstić information content (AvgIpc) is 2.91. The fraction of sp³-hybridized carbons (Fsp3) is 0.406. The molecule has 1 heterocycles. The van der Waals surface area contributed by atoms with Crippen LogP contribution in [0.25, 0.3) is 0 Å². The number of benzene rings is 3. The normalized spacial score (nSPS) is 18.3. The van der Waals surface area contributed by atoms with Crippen molar-refractivity contribution in [1.82, 2.24) is 4.90 Å². The van der Waals surface area contributed by atoms with Crippen LogP contribution in [0.2, 0.25) is 0 Å². The number of ether oxygens (including phenoxy) is 2. The summed E-state index contributed by atoms with van der Waals surface area (Å²) in [5.41, 5.74) is -1.87. The van der Waals surface area contributed by atoms with Crippen LogP contribution < -0.4 is 0 Å². The van der Waals surface area contributed by atoms with Crippen LogP contribution in [0.5, 0.6) is 0 Å². The molecule has 0 unspecified atom stereocenters. The summed E-state index contributed by atoms with van der Waals surface area (Å²) >= 11 is 0. The number of rotatable bonds is 6. The van der Waals surface area contributed by atoms with Gasteiger partial charge in [0.1, 0.15) is 5.60 Å². The largest absolute Gasteiger partial charge is 0.444 e. The number of hydrogen-bond acceptors (Lipinski definition) is 3. The van der Waals surface area contributed by atoms with Gasteiger partial charge in [0.15, 0.2) is 0 Å². The molecule has 4 nitrogen and oxygen atoms in total. The zero-order chi connectivity index (χ0) is 30.7. The highest BCUT2D eigenvalue weighted by atomic mass is 19.4. The van der Waals surface area contributed by atoms with E-state index in [0.29, 0.717) is 18.6 Å². The molecule has 10 heteroatoms. The monoisotopic (exact) mass is 593 g/mol. The molecule has 0 bridgehead atoms. The van der Waals surface area contributed by atoms with Gasteiger partial charge in [-0.25, -0.2) is 4.79 Å². The lowest BCUT2D eigenvalue weighted by atomic mass is 9.75. The van der Waals surface area contributed by atoms with Gasteiger partial charge in [0.25, 0.3) is 0 Å². The molecule has 0 saturated carbocycles. The van der Waals surface area contributed by atoms with Crippen LogP contribution in [-0.4, -0.2) is 35.8 Å². The van der Waals surface area contributed by atoms with Crippen molar-refractivity contribution in [3.05, 3.63) is 107 Å². The summed E-state index contributed by atoms with van der Waals surface area (Å²) < 4.78 is 92.5. The second-order valence-corrected chi connectivity index (χ2v) is 11.4. The molecule has 226 valence electrons. The summed E-state index contributed by atoms with van der Waals surface area (Å²) in [6.07, 6.45) is -10.7. The molecule has 0 spiro atoms. The Labute approximate surface area is 241 Å². The lowest BCUT2D eigenvalue weighted by Crippen LogP contribution is -2.50. The van der Waals surface area contributed by atoms with E-state index in [4.69, 9.17) is 9.47 Å². The summed E-state index contributed by atoms with van der Waals surface area (Å²) in [7, 11) is 0. The van der Waals surface area contributed by atoms with Gasteiger partial charge in [-0.3, -0.25) is 0 Å². The maximum Gasteiger partial charge on any atom is 0.416 e. The smallest absolute Gasteiger partial charge is 0.416 e. The van der Waals surface area contributed by atoms with Gasteiger partial charge >= 0.3 is 18.4 Å². The van der Waals surface area contributed by atoms with Gasteiger partial charge in [0.05, 0.1) is 23.8 Å². The van der Waals surface area contributed by atoms with Crippen LogP contribution in [0, 0.1) is 5.92 Å². The minimum atomic E-state index is -4.96. The van der Waals surface area contributed by atoms with Crippen molar-refractivity contribution in [2.45, 2.75) is 63.8 Å². The van der Waals surface area contributed by atoms with Crippen molar-refractivity contribution in [3.63, 3.8) is 0 Å². The second-order valence-electron chi connectivity index (χ2n) is 11.4. The third-order valence-electron chi connectivity index (χ3n) is 7.10. The Morgan fingerprint density at radius 2 is 1.33 bits per heavy atom. The topological polar surface area (TPSA) is 38.8 Å². The van der Waals surface area contributed by atoms with E-state index in [1.165, 1.54) is 0 Å². The van der Waals surface area contributed by atoms with E-state index < -0.39 is 47.9 Å². The van der Waals surface area contributed by atoms with Crippen molar-refractivity contribution < 1.29 is 40.6 Å². The SMILES string of the molecule is CC(C)(C)OC(=O)N1CC[C@H](OCc2cc(C(F)(F)F)cc(C(F)(F)F)c2)[C@H](C(c2ccccc2)c2ccccc2)C1. The number of amides is 1. The van der Waals surface area contributed by atoms with Crippen molar-refractivity contribution in [2.24, 2.45) is 5.92 Å². The second kappa shape index (κ2) is 12.4. The lowest BCUT2D eigenvalue weighted by molar-refractivity contribution is -0.143. The third-order valence-corrected chi connectivity index (χ3v) is 7.10. The average molecular weight is 594 g/mol. The van der Waals surface area contributed by atoms with Crippen molar-refractivity contribution in [2.75, 3.05) is 13.1 Å². The van der Waals surface area contributed by atoms with E-state index in [-0.39, 0.29) is 36.6 Å². The maximum absolute atomic E-state index is 13.5. The number of halogens is 6. The van der Waals surface area contributed by atoms with Gasteiger partial charge in [0.2, 0.25) is 0 Å². The summed E-state index contributed by atoms with van der Waals surface area (Å²) in [4.78, 5) is 14.6. The fourth-order valence-corrected chi connectivity index (χ4v) is 5.29. The van der Waals surface area contributed by atoms with E-state index in [9.17, 15) is 31.1 Å². The molecular weight excluding hydrogens is 560 g/mol. The van der Waals surface area contributed by atoms with Crippen LogP contribution in [0.15, 0.2) is 78.9 Å². The van der Waals surface area contributed by atoms with E-state index >= 15 is 0 Å². The molecule has 1 aliphatic rings. The number of likely N-dealkylation sites (tertiary alicyclic amines) is 1. The summed E-state index contributed by atoms with van der Waals surface area (Å²) in [5.74, 6) is -0.668. The van der Waals surface area contributed by atoms with E-state index in [0.717, 1.165) is 11.1 Å². The third kappa shape index (κ3) is 8.06. The number of hydrogen-bond donors (Lipinski definition) is 0. The molecule has 0 aliphatic carbocycles. The number of piperidine rings is 1. The molecule has 3 aromatic rings. The van der Waals surface area contributed by atoms with Gasteiger partial charge < -0.3 is 14.4 Å². The number of carbonyl (C=O) groups excluding carboxylic acids is 1. The number of carbonyl (C=O) groups is 1. The summed E-state index contributed by atoms with van der Waals surface area (Å²) in [6, 6.07) is 20.6. The first-order valence-electron chi connectivity index (χ1n) is 13.6. The molecule has 1 saturated heterocycles. The van der Waals surface area contributed by atoms with E-state index in [1.54, 1.807) is 25.7 Å². The zero-order valence-corrected chi connectivity index (χ0v) is 23.5. The molecule has 42 heavy (non-hydrogen) atoms. The zero-order valence-electron chi connectivity index (χ0n) is 23.5. The van der Waals surface area contributed by atoms with Gasteiger partial charge in [-0.2, -0.15) is 26.3 Å². The summed E-state index contributed by atoms with van der Waals surface area (Å²) in [5, 5.41) is 0. The first-order valence-corrected chi connectivity index (χ1v) is 13.6.